The van der Waals surface area contributed by atoms with Gasteiger partial charge in [-0.1, -0.05) is 23.8 Å². The number of hydrogen-bond acceptors (Lipinski definition) is 6. The number of benzene rings is 1. The van der Waals surface area contributed by atoms with Crippen LogP contribution in [-0.4, -0.2) is 41.1 Å². The first kappa shape index (κ1) is 18.4. The first-order chi connectivity index (χ1) is 11.6. The molecule has 0 aliphatic heterocycles. The lowest BCUT2D eigenvalue weighted by atomic mass is 10.1. The van der Waals surface area contributed by atoms with Crippen molar-refractivity contribution < 1.29 is 9.53 Å². The summed E-state index contributed by atoms with van der Waals surface area (Å²) in [6.45, 7) is 2.57. The maximum atomic E-state index is 11.8. The predicted molar refractivity (Wildman–Crippen MR) is 97.8 cm³/mol. The van der Waals surface area contributed by atoms with Crippen LogP contribution in [0, 0.1) is 6.92 Å². The van der Waals surface area contributed by atoms with E-state index in [2.05, 4.69) is 21.4 Å². The van der Waals surface area contributed by atoms with Gasteiger partial charge in [0.2, 0.25) is 0 Å². The van der Waals surface area contributed by atoms with Crippen LogP contribution in [0.1, 0.15) is 17.5 Å². The highest BCUT2D eigenvalue weighted by Gasteiger charge is 2.17. The summed E-state index contributed by atoms with van der Waals surface area (Å²) in [5.41, 5.74) is 3.11. The minimum absolute atomic E-state index is 0.235. The Morgan fingerprint density at radius 3 is 2.71 bits per heavy atom. The molecule has 0 saturated heterocycles. The molecule has 5 nitrogen and oxygen atoms in total. The van der Waals surface area contributed by atoms with Gasteiger partial charge in [0, 0.05) is 30.1 Å². The predicted octanol–water partition coefficient (Wildman–Crippen LogP) is 2.84. The molecule has 0 radical (unpaired) electrons. The average molecular weight is 345 g/mol. The number of aryl methyl sites for hydroxylation is 1. The van der Waals surface area contributed by atoms with Crippen molar-refractivity contribution >= 4 is 17.7 Å². The summed E-state index contributed by atoms with van der Waals surface area (Å²) in [4.78, 5) is 20.6. The molecule has 1 atom stereocenters. The minimum atomic E-state index is -0.307. The number of ether oxygens (including phenoxy) is 1. The number of methoxy groups -OCH3 is 1. The zero-order valence-electron chi connectivity index (χ0n) is 14.3. The topological polar surface area (TPSA) is 64.1 Å². The van der Waals surface area contributed by atoms with Crippen molar-refractivity contribution in [3.63, 3.8) is 0 Å². The van der Waals surface area contributed by atoms with Crippen LogP contribution in [-0.2, 0) is 16.1 Å². The highest BCUT2D eigenvalue weighted by molar-refractivity contribution is 7.98. The molecule has 0 amide bonds. The lowest BCUT2D eigenvalue weighted by molar-refractivity contribution is -0.143. The molecule has 0 aliphatic rings. The van der Waals surface area contributed by atoms with Crippen molar-refractivity contribution in [2.24, 2.45) is 0 Å². The lowest BCUT2D eigenvalue weighted by Crippen LogP contribution is -2.37. The van der Waals surface area contributed by atoms with Gasteiger partial charge in [-0.15, -0.1) is 0 Å². The molecule has 2 rings (SSSR count). The fourth-order valence-electron chi connectivity index (χ4n) is 2.30. The van der Waals surface area contributed by atoms with Crippen LogP contribution in [0.25, 0.3) is 11.4 Å². The van der Waals surface area contributed by atoms with Crippen molar-refractivity contribution in [1.29, 1.82) is 0 Å². The number of carbonyl (C=O) groups excluding carboxylic acids is 1. The molecule has 0 saturated carbocycles. The maximum absolute atomic E-state index is 11.8. The van der Waals surface area contributed by atoms with Gasteiger partial charge in [-0.2, -0.15) is 11.8 Å². The van der Waals surface area contributed by atoms with E-state index >= 15 is 0 Å². The Kier molecular flexibility index (Phi) is 7.21. The Hall–Kier alpha value is -1.92. The summed E-state index contributed by atoms with van der Waals surface area (Å²) in [5.74, 6) is 1.37. The zero-order valence-corrected chi connectivity index (χ0v) is 15.1. The third-order valence-electron chi connectivity index (χ3n) is 3.63. The molecule has 0 bridgehead atoms. The van der Waals surface area contributed by atoms with Gasteiger partial charge in [0.1, 0.15) is 6.04 Å². The van der Waals surface area contributed by atoms with Gasteiger partial charge < -0.3 is 10.1 Å². The number of hydrogen-bond donors (Lipinski definition) is 1. The van der Waals surface area contributed by atoms with Gasteiger partial charge in [0.25, 0.3) is 0 Å². The number of carbonyl (C=O) groups is 1. The van der Waals surface area contributed by atoms with E-state index < -0.39 is 0 Å². The summed E-state index contributed by atoms with van der Waals surface area (Å²) in [6.07, 6.45) is 6.34. The monoisotopic (exact) mass is 345 g/mol. The largest absolute Gasteiger partial charge is 0.468 e. The lowest BCUT2D eigenvalue weighted by Gasteiger charge is -2.15. The van der Waals surface area contributed by atoms with E-state index in [9.17, 15) is 4.79 Å². The average Bonchev–Trinajstić information content (AvgIpc) is 2.61. The Labute approximate surface area is 147 Å². The standard InChI is InChI=1S/C18H23N3O2S/c1-13-5-4-6-15(9-13)17-20-11-14(12-21-17)10-19-16(7-8-24-3)18(22)23-2/h4-6,9,11-12,16,19H,7-8,10H2,1-3H3. The smallest absolute Gasteiger partial charge is 0.322 e. The second-order valence-corrected chi connectivity index (χ2v) is 6.51. The van der Waals surface area contributed by atoms with Crippen molar-refractivity contribution in [2.45, 2.75) is 25.9 Å². The third-order valence-corrected chi connectivity index (χ3v) is 4.27. The van der Waals surface area contributed by atoms with Crippen molar-refractivity contribution in [3.05, 3.63) is 47.8 Å². The first-order valence-corrected chi connectivity index (χ1v) is 9.21. The molecule has 1 aromatic heterocycles. The molecule has 0 spiro atoms. The summed E-state index contributed by atoms with van der Waals surface area (Å²) >= 11 is 1.71. The van der Waals surface area contributed by atoms with E-state index in [-0.39, 0.29) is 12.0 Å². The highest BCUT2D eigenvalue weighted by atomic mass is 32.2. The Morgan fingerprint density at radius 2 is 2.08 bits per heavy atom. The minimum Gasteiger partial charge on any atom is -0.468 e. The fourth-order valence-corrected chi connectivity index (χ4v) is 2.77. The number of nitrogens with one attached hydrogen (secondary N) is 1. The summed E-state index contributed by atoms with van der Waals surface area (Å²) in [6, 6.07) is 7.79. The van der Waals surface area contributed by atoms with Gasteiger partial charge in [0.05, 0.1) is 7.11 Å². The van der Waals surface area contributed by atoms with Crippen molar-refractivity contribution in [1.82, 2.24) is 15.3 Å². The third kappa shape index (κ3) is 5.32. The van der Waals surface area contributed by atoms with Crippen LogP contribution in [0.3, 0.4) is 0 Å². The summed E-state index contributed by atoms with van der Waals surface area (Å²) in [5, 5.41) is 3.22. The molecular weight excluding hydrogens is 322 g/mol. The normalized spacial score (nSPS) is 12.0. The quantitative estimate of drug-likeness (QED) is 0.742. The first-order valence-electron chi connectivity index (χ1n) is 7.82. The summed E-state index contributed by atoms with van der Waals surface area (Å²) < 4.78 is 4.84. The van der Waals surface area contributed by atoms with Crippen LogP contribution in [0.2, 0.25) is 0 Å². The Bertz CT molecular complexity index is 662. The molecule has 24 heavy (non-hydrogen) atoms. The molecule has 0 aliphatic carbocycles. The maximum Gasteiger partial charge on any atom is 0.322 e. The number of esters is 1. The van der Waals surface area contributed by atoms with Crippen LogP contribution in [0.15, 0.2) is 36.7 Å². The molecule has 2 aromatic rings. The second-order valence-electron chi connectivity index (χ2n) is 5.52. The van der Waals surface area contributed by atoms with E-state index in [1.807, 2.05) is 31.4 Å². The molecule has 1 N–H and O–H groups in total. The molecule has 1 unspecified atom stereocenters. The number of thioether (sulfide) groups is 1. The Balaban J connectivity index is 1.99. The molecule has 1 aromatic carbocycles. The van der Waals surface area contributed by atoms with Gasteiger partial charge in [-0.25, -0.2) is 9.97 Å². The molecule has 0 fully saturated rings. The molecule has 128 valence electrons. The van der Waals surface area contributed by atoms with Gasteiger partial charge in [-0.3, -0.25) is 4.79 Å². The van der Waals surface area contributed by atoms with E-state index in [1.54, 1.807) is 24.2 Å². The van der Waals surface area contributed by atoms with Crippen LogP contribution >= 0.6 is 11.8 Å². The van der Waals surface area contributed by atoms with E-state index in [0.29, 0.717) is 12.4 Å². The van der Waals surface area contributed by atoms with Crippen LogP contribution in [0.4, 0.5) is 0 Å². The highest BCUT2D eigenvalue weighted by Crippen LogP contribution is 2.15. The number of nitrogens with zero attached hydrogens (tertiary/aromatic N) is 2. The molecule has 1 heterocycles. The number of rotatable bonds is 8. The van der Waals surface area contributed by atoms with E-state index in [0.717, 1.165) is 23.3 Å². The summed E-state index contributed by atoms with van der Waals surface area (Å²) in [7, 11) is 1.41. The van der Waals surface area contributed by atoms with Crippen molar-refractivity contribution in [3.8, 4) is 11.4 Å². The fraction of sp³-hybridized carbons (Fsp3) is 0.389. The van der Waals surface area contributed by atoms with Crippen LogP contribution in [0.5, 0.6) is 0 Å². The number of aromatic nitrogens is 2. The second kappa shape index (κ2) is 9.39. The van der Waals surface area contributed by atoms with Gasteiger partial charge >= 0.3 is 5.97 Å². The van der Waals surface area contributed by atoms with E-state index in [1.165, 1.54) is 12.7 Å². The molecular formula is C18H23N3O2S. The van der Waals surface area contributed by atoms with Crippen molar-refractivity contribution in [2.75, 3.05) is 19.1 Å². The van der Waals surface area contributed by atoms with Gasteiger partial charge in [-0.05, 0) is 31.4 Å². The SMILES string of the molecule is COC(=O)C(CCSC)NCc1cnc(-c2cccc(C)c2)nc1. The van der Waals surface area contributed by atoms with E-state index in [4.69, 9.17) is 4.74 Å². The molecule has 6 heteroatoms. The van der Waals surface area contributed by atoms with Gasteiger partial charge in [0.15, 0.2) is 5.82 Å². The van der Waals surface area contributed by atoms with Crippen LogP contribution < -0.4 is 5.32 Å². The Morgan fingerprint density at radius 1 is 1.33 bits per heavy atom. The zero-order chi connectivity index (χ0) is 17.4.